The Kier molecular flexibility index (Phi) is 6.30. The van der Waals surface area contributed by atoms with Gasteiger partial charge in [0.25, 0.3) is 0 Å². The quantitative estimate of drug-likeness (QED) is 0.402. The molecule has 1 aliphatic carbocycles. The summed E-state index contributed by atoms with van der Waals surface area (Å²) in [6, 6.07) is 25.3. The van der Waals surface area contributed by atoms with E-state index in [1.54, 1.807) is 7.11 Å². The molecule has 0 aromatic heterocycles. The molecular weight excluding hydrogens is 372 g/mol. The lowest BCUT2D eigenvalue weighted by Gasteiger charge is -2.16. The molecule has 0 atom stereocenters. The van der Waals surface area contributed by atoms with Gasteiger partial charge in [-0.1, -0.05) is 60.7 Å². The van der Waals surface area contributed by atoms with Crippen molar-refractivity contribution in [1.82, 2.24) is 5.32 Å². The summed E-state index contributed by atoms with van der Waals surface area (Å²) in [5.74, 6) is 1.55. The van der Waals surface area contributed by atoms with Crippen molar-refractivity contribution in [2.45, 2.75) is 32.0 Å². The summed E-state index contributed by atoms with van der Waals surface area (Å²) in [5.41, 5.74) is 11.1. The number of ether oxygens (including phenoxy) is 1. The maximum atomic E-state index is 5.69. The lowest BCUT2D eigenvalue weighted by atomic mass is 10.0. The first kappa shape index (κ1) is 20.0. The number of hydrogen-bond donors (Lipinski definition) is 3. The summed E-state index contributed by atoms with van der Waals surface area (Å²) in [6.07, 6.45) is 2.35. The number of guanidine groups is 1. The fourth-order valence-corrected chi connectivity index (χ4v) is 3.24. The molecule has 0 saturated heterocycles. The summed E-state index contributed by atoms with van der Waals surface area (Å²) in [6.45, 7) is 1.14. The molecule has 0 bridgehead atoms. The Hall–Kier alpha value is -3.31. The molecule has 30 heavy (non-hydrogen) atoms. The number of methoxy groups -OCH3 is 1. The van der Waals surface area contributed by atoms with Gasteiger partial charge in [0.15, 0.2) is 5.96 Å². The fraction of sp³-hybridized carbons (Fsp3) is 0.240. The number of nitrogens with zero attached hydrogens (tertiary/aromatic N) is 1. The van der Waals surface area contributed by atoms with E-state index in [4.69, 9.17) is 15.5 Å². The van der Waals surface area contributed by atoms with E-state index in [-0.39, 0.29) is 0 Å². The largest absolute Gasteiger partial charge is 0.495 e. The Labute approximate surface area is 178 Å². The van der Waals surface area contributed by atoms with Gasteiger partial charge >= 0.3 is 0 Å². The van der Waals surface area contributed by atoms with E-state index in [1.165, 1.54) is 12.8 Å². The molecule has 0 aliphatic heterocycles. The molecule has 0 unspecified atom stereocenters. The van der Waals surface area contributed by atoms with Crippen LogP contribution in [-0.4, -0.2) is 19.1 Å². The molecule has 1 fully saturated rings. The minimum absolute atomic E-state index is 0.485. The van der Waals surface area contributed by atoms with E-state index in [9.17, 15) is 0 Å². The summed E-state index contributed by atoms with van der Waals surface area (Å²) in [4.78, 5) is 4.81. The molecule has 5 heteroatoms. The highest BCUT2D eigenvalue weighted by Gasteiger charge is 2.23. The highest BCUT2D eigenvalue weighted by Crippen LogP contribution is 2.31. The molecule has 1 saturated carbocycles. The smallest absolute Gasteiger partial charge is 0.196 e. The number of rotatable bonds is 7. The minimum atomic E-state index is 0.485. The Morgan fingerprint density at radius 1 is 0.967 bits per heavy atom. The zero-order valence-corrected chi connectivity index (χ0v) is 17.3. The zero-order chi connectivity index (χ0) is 20.8. The van der Waals surface area contributed by atoms with Crippen LogP contribution in [0.2, 0.25) is 0 Å². The number of hydrogen-bond acceptors (Lipinski definition) is 3. The molecular formula is C25H28N4O. The molecule has 5 nitrogen and oxygen atoms in total. The molecule has 3 aromatic rings. The summed E-state index contributed by atoms with van der Waals surface area (Å²) >= 11 is 0. The molecule has 154 valence electrons. The minimum Gasteiger partial charge on any atom is -0.495 e. The van der Waals surface area contributed by atoms with Crippen molar-refractivity contribution >= 4 is 11.6 Å². The van der Waals surface area contributed by atoms with Crippen molar-refractivity contribution in [3.63, 3.8) is 0 Å². The summed E-state index contributed by atoms with van der Waals surface area (Å²) in [5, 5.41) is 6.97. The SMILES string of the molecule is COc1ccc(-c2ccccc2)cc1NC(=NCc1ccc(CN)cc1)NC1CC1. The average Bonchev–Trinajstić information content (AvgIpc) is 3.62. The van der Waals surface area contributed by atoms with E-state index in [0.717, 1.165) is 39.7 Å². The predicted molar refractivity (Wildman–Crippen MR) is 124 cm³/mol. The Morgan fingerprint density at radius 3 is 2.37 bits per heavy atom. The molecule has 0 radical (unpaired) electrons. The third kappa shape index (κ3) is 5.19. The number of benzene rings is 3. The van der Waals surface area contributed by atoms with Crippen molar-refractivity contribution in [2.24, 2.45) is 10.7 Å². The number of anilines is 1. The van der Waals surface area contributed by atoms with Crippen molar-refractivity contribution in [1.29, 1.82) is 0 Å². The van der Waals surface area contributed by atoms with E-state index >= 15 is 0 Å². The lowest BCUT2D eigenvalue weighted by Crippen LogP contribution is -2.32. The highest BCUT2D eigenvalue weighted by molar-refractivity contribution is 5.96. The van der Waals surface area contributed by atoms with Gasteiger partial charge in [-0.05, 0) is 47.2 Å². The number of nitrogens with two attached hydrogens (primary N) is 1. The third-order valence-corrected chi connectivity index (χ3v) is 5.16. The predicted octanol–water partition coefficient (Wildman–Crippen LogP) is 4.54. The standard InChI is InChI=1S/C25H28N4O/c1-30-24-14-11-21(20-5-3-2-4-6-20)15-23(24)29-25(28-22-12-13-22)27-17-19-9-7-18(16-26)8-10-19/h2-11,14-15,22H,12-13,16-17,26H2,1H3,(H2,27,28,29). The second kappa shape index (κ2) is 9.46. The average molecular weight is 401 g/mol. The normalized spacial score (nSPS) is 13.7. The van der Waals surface area contributed by atoms with Crippen LogP contribution in [0.3, 0.4) is 0 Å². The van der Waals surface area contributed by atoms with Crippen LogP contribution < -0.4 is 21.1 Å². The monoisotopic (exact) mass is 400 g/mol. The fourth-order valence-electron chi connectivity index (χ4n) is 3.24. The summed E-state index contributed by atoms with van der Waals surface area (Å²) < 4.78 is 5.59. The molecule has 0 heterocycles. The van der Waals surface area contributed by atoms with Crippen LogP contribution in [0.1, 0.15) is 24.0 Å². The van der Waals surface area contributed by atoms with Crippen molar-refractivity contribution in [2.75, 3.05) is 12.4 Å². The van der Waals surface area contributed by atoms with Crippen LogP contribution in [0.5, 0.6) is 5.75 Å². The molecule has 4 N–H and O–H groups in total. The first-order valence-electron chi connectivity index (χ1n) is 10.3. The van der Waals surface area contributed by atoms with Crippen LogP contribution in [0.25, 0.3) is 11.1 Å². The van der Waals surface area contributed by atoms with Gasteiger partial charge in [0.1, 0.15) is 5.75 Å². The Morgan fingerprint density at radius 2 is 1.70 bits per heavy atom. The Balaban J connectivity index is 1.57. The Bertz CT molecular complexity index is 995. The van der Waals surface area contributed by atoms with Gasteiger partial charge in [0.05, 0.1) is 19.3 Å². The van der Waals surface area contributed by atoms with E-state index < -0.39 is 0 Å². The third-order valence-electron chi connectivity index (χ3n) is 5.16. The topological polar surface area (TPSA) is 71.7 Å². The van der Waals surface area contributed by atoms with Crippen LogP contribution in [0, 0.1) is 0 Å². The van der Waals surface area contributed by atoms with Gasteiger partial charge < -0.3 is 21.1 Å². The van der Waals surface area contributed by atoms with E-state index in [0.29, 0.717) is 19.1 Å². The highest BCUT2D eigenvalue weighted by atomic mass is 16.5. The zero-order valence-electron chi connectivity index (χ0n) is 17.3. The molecule has 0 spiro atoms. The van der Waals surface area contributed by atoms with Gasteiger partial charge in [0.2, 0.25) is 0 Å². The van der Waals surface area contributed by atoms with Crippen molar-refractivity contribution in [3.05, 3.63) is 83.9 Å². The van der Waals surface area contributed by atoms with Gasteiger partial charge in [-0.3, -0.25) is 0 Å². The van der Waals surface area contributed by atoms with Crippen LogP contribution >= 0.6 is 0 Å². The van der Waals surface area contributed by atoms with Gasteiger partial charge in [-0.25, -0.2) is 4.99 Å². The van der Waals surface area contributed by atoms with Gasteiger partial charge in [-0.2, -0.15) is 0 Å². The first-order valence-corrected chi connectivity index (χ1v) is 10.3. The first-order chi connectivity index (χ1) is 14.7. The van der Waals surface area contributed by atoms with Gasteiger partial charge in [-0.15, -0.1) is 0 Å². The second-order valence-corrected chi connectivity index (χ2v) is 7.51. The van der Waals surface area contributed by atoms with Crippen LogP contribution in [0.15, 0.2) is 77.8 Å². The van der Waals surface area contributed by atoms with Crippen LogP contribution in [0.4, 0.5) is 5.69 Å². The van der Waals surface area contributed by atoms with Crippen molar-refractivity contribution < 1.29 is 4.74 Å². The van der Waals surface area contributed by atoms with Gasteiger partial charge in [0, 0.05) is 12.6 Å². The molecule has 4 rings (SSSR count). The second-order valence-electron chi connectivity index (χ2n) is 7.51. The molecule has 1 aliphatic rings. The van der Waals surface area contributed by atoms with Crippen molar-refractivity contribution in [3.8, 4) is 16.9 Å². The maximum Gasteiger partial charge on any atom is 0.196 e. The molecule has 0 amide bonds. The van der Waals surface area contributed by atoms with E-state index in [2.05, 4.69) is 59.2 Å². The number of aliphatic imine (C=N–C) groups is 1. The maximum absolute atomic E-state index is 5.69. The molecule has 3 aromatic carbocycles. The number of nitrogens with one attached hydrogen (secondary N) is 2. The van der Waals surface area contributed by atoms with E-state index in [1.807, 2.05) is 24.3 Å². The lowest BCUT2D eigenvalue weighted by molar-refractivity contribution is 0.417. The van der Waals surface area contributed by atoms with Crippen LogP contribution in [-0.2, 0) is 13.1 Å². The summed E-state index contributed by atoms with van der Waals surface area (Å²) in [7, 11) is 1.69.